The molecule has 0 spiro atoms. The first-order valence-electron chi connectivity index (χ1n) is 5.49. The van der Waals surface area contributed by atoms with E-state index in [0.29, 0.717) is 0 Å². The molecular formula is C10H28BN. The molecule has 0 saturated carbocycles. The van der Waals surface area contributed by atoms with E-state index in [9.17, 15) is 0 Å². The zero-order valence-electron chi connectivity index (χ0n) is 10.2. The molecule has 0 aromatic rings. The van der Waals surface area contributed by atoms with Gasteiger partial charge < -0.3 is 4.90 Å². The van der Waals surface area contributed by atoms with Crippen molar-refractivity contribution in [2.24, 2.45) is 0 Å². The summed E-state index contributed by atoms with van der Waals surface area (Å²) >= 11 is 0. The highest BCUT2D eigenvalue weighted by molar-refractivity contribution is 6.74. The van der Waals surface area contributed by atoms with Crippen molar-refractivity contribution in [1.29, 1.82) is 0 Å². The van der Waals surface area contributed by atoms with Crippen molar-refractivity contribution in [3.8, 4) is 0 Å². The van der Waals surface area contributed by atoms with Gasteiger partial charge in [-0.3, -0.25) is 0 Å². The maximum Gasteiger partial charge on any atom is 0.0742 e. The van der Waals surface area contributed by atoms with Crippen LogP contribution in [0.15, 0.2) is 0 Å². The van der Waals surface area contributed by atoms with Gasteiger partial charge in [-0.05, 0) is 26.9 Å². The van der Waals surface area contributed by atoms with Gasteiger partial charge in [-0.1, -0.05) is 0 Å². The quantitative estimate of drug-likeness (QED) is 0.621. The Labute approximate surface area is 79.4 Å². The van der Waals surface area contributed by atoms with Crippen LogP contribution in [0.5, 0.6) is 0 Å². The average Bonchev–Trinajstić information content (AvgIpc) is 1.88. The first kappa shape index (κ1) is 14.5. The second kappa shape index (κ2) is 7.66. The highest BCUT2D eigenvalue weighted by Crippen LogP contribution is 1.94. The molecule has 1 nitrogen and oxygen atoms in total. The second-order valence-electron chi connectivity index (χ2n) is 5.27. The molecular weight excluding hydrogens is 145 g/mol. The van der Waals surface area contributed by atoms with E-state index >= 15 is 0 Å². The molecule has 0 bridgehead atoms. The van der Waals surface area contributed by atoms with Crippen molar-refractivity contribution in [2.75, 3.05) is 19.6 Å². The number of nitrogens with one attached hydrogen (secondary N) is 1. The van der Waals surface area contributed by atoms with E-state index < -0.39 is 0 Å². The van der Waals surface area contributed by atoms with E-state index in [4.69, 9.17) is 0 Å². The Bertz CT molecular complexity index is 70.8. The molecule has 76 valence electrons. The van der Waals surface area contributed by atoms with E-state index in [1.165, 1.54) is 19.6 Å². The molecule has 0 rings (SSSR count). The summed E-state index contributed by atoms with van der Waals surface area (Å²) in [6.07, 6.45) is 0. The lowest BCUT2D eigenvalue weighted by molar-refractivity contribution is -0.894. The molecule has 0 radical (unpaired) electrons. The standard InChI is InChI=1S/C6H15N.C4H12B/c1-4-7(5-2)6-3;1-5(2,3)4/h4-6H2,1-3H3;1-4H3/q;-1/p+1. The van der Waals surface area contributed by atoms with Gasteiger partial charge in [-0.2, -0.15) is 27.3 Å². The number of quaternary nitrogens is 1. The Morgan fingerprint density at radius 2 is 0.917 bits per heavy atom. The van der Waals surface area contributed by atoms with Crippen molar-refractivity contribution < 1.29 is 4.90 Å². The fraction of sp³-hybridized carbons (Fsp3) is 1.00. The van der Waals surface area contributed by atoms with Gasteiger partial charge >= 0.3 is 0 Å². The largest absolute Gasteiger partial charge is 0.336 e. The van der Waals surface area contributed by atoms with Crippen molar-refractivity contribution in [2.45, 2.75) is 48.1 Å². The SMILES string of the molecule is CC[NH+](CC)CC.C[B-](C)(C)C. The summed E-state index contributed by atoms with van der Waals surface area (Å²) in [5.41, 5.74) is 0. The number of hydrogen-bond acceptors (Lipinski definition) is 0. The van der Waals surface area contributed by atoms with Gasteiger partial charge in [-0.15, -0.1) is 0 Å². The summed E-state index contributed by atoms with van der Waals surface area (Å²) in [7, 11) is 0. The van der Waals surface area contributed by atoms with Crippen LogP contribution in [0.4, 0.5) is 0 Å². The molecule has 0 aliphatic carbocycles. The topological polar surface area (TPSA) is 4.44 Å². The van der Waals surface area contributed by atoms with Gasteiger partial charge in [0.05, 0.1) is 19.6 Å². The van der Waals surface area contributed by atoms with Crippen LogP contribution in [0.3, 0.4) is 0 Å². The van der Waals surface area contributed by atoms with E-state index in [1.807, 2.05) is 0 Å². The predicted molar refractivity (Wildman–Crippen MR) is 61.8 cm³/mol. The van der Waals surface area contributed by atoms with Crippen LogP contribution in [-0.2, 0) is 0 Å². The van der Waals surface area contributed by atoms with Crippen molar-refractivity contribution >= 4 is 6.15 Å². The lowest BCUT2D eigenvalue weighted by Gasteiger charge is -2.10. The summed E-state index contributed by atoms with van der Waals surface area (Å²) in [6.45, 7) is 19.5. The number of hydrogen-bond donors (Lipinski definition) is 1. The minimum Gasteiger partial charge on any atom is -0.336 e. The fourth-order valence-corrected chi connectivity index (χ4v) is 0.750. The Balaban J connectivity index is 0. The van der Waals surface area contributed by atoms with Crippen molar-refractivity contribution in [3.63, 3.8) is 0 Å². The monoisotopic (exact) mass is 173 g/mol. The minimum absolute atomic E-state index is 0. The summed E-state index contributed by atoms with van der Waals surface area (Å²) in [5, 5.41) is 0. The third kappa shape index (κ3) is 22.5. The van der Waals surface area contributed by atoms with E-state index in [0.717, 1.165) is 0 Å². The predicted octanol–water partition coefficient (Wildman–Crippen LogP) is 1.89. The van der Waals surface area contributed by atoms with E-state index in [1.54, 1.807) is 4.90 Å². The normalized spacial score (nSPS) is 11.0. The smallest absolute Gasteiger partial charge is 0.0742 e. The first-order chi connectivity index (χ1) is 5.35. The highest BCUT2D eigenvalue weighted by atomic mass is 15.1. The van der Waals surface area contributed by atoms with Gasteiger partial charge in [-0.25, -0.2) is 0 Å². The Hall–Kier alpha value is 0.0249. The summed E-state index contributed by atoms with van der Waals surface area (Å²) < 4.78 is 0. The van der Waals surface area contributed by atoms with Crippen LogP contribution in [0.25, 0.3) is 0 Å². The Kier molecular flexibility index (Phi) is 9.29. The molecule has 12 heavy (non-hydrogen) atoms. The van der Waals surface area contributed by atoms with Crippen LogP contribution < -0.4 is 4.90 Å². The molecule has 0 aromatic carbocycles. The van der Waals surface area contributed by atoms with Gasteiger partial charge in [0.15, 0.2) is 0 Å². The summed E-state index contributed by atoms with van der Waals surface area (Å²) in [6, 6.07) is 0. The van der Waals surface area contributed by atoms with E-state index in [-0.39, 0.29) is 6.15 Å². The Morgan fingerprint density at radius 3 is 0.917 bits per heavy atom. The molecule has 0 aliphatic heterocycles. The molecule has 0 fully saturated rings. The van der Waals surface area contributed by atoms with Crippen LogP contribution in [-0.4, -0.2) is 25.8 Å². The lowest BCUT2D eigenvalue weighted by Crippen LogP contribution is -3.11. The fourth-order valence-electron chi connectivity index (χ4n) is 0.750. The molecule has 0 saturated heterocycles. The molecule has 0 amide bonds. The highest BCUT2D eigenvalue weighted by Gasteiger charge is 1.92. The zero-order valence-corrected chi connectivity index (χ0v) is 10.2. The molecule has 0 aromatic heterocycles. The lowest BCUT2D eigenvalue weighted by atomic mass is 9.32. The third-order valence-electron chi connectivity index (χ3n) is 1.50. The molecule has 0 atom stereocenters. The molecule has 1 N–H and O–H groups in total. The average molecular weight is 173 g/mol. The Morgan fingerprint density at radius 1 is 0.750 bits per heavy atom. The van der Waals surface area contributed by atoms with Gasteiger partial charge in [0.25, 0.3) is 0 Å². The first-order valence-corrected chi connectivity index (χ1v) is 5.49. The molecule has 0 unspecified atom stereocenters. The molecule has 2 heteroatoms. The van der Waals surface area contributed by atoms with Crippen LogP contribution in [0.1, 0.15) is 20.8 Å². The maximum absolute atomic E-state index is 2.25. The second-order valence-corrected chi connectivity index (χ2v) is 5.27. The summed E-state index contributed by atoms with van der Waals surface area (Å²) in [4.78, 5) is 1.68. The molecule has 0 heterocycles. The van der Waals surface area contributed by atoms with Gasteiger partial charge in [0, 0.05) is 0 Å². The van der Waals surface area contributed by atoms with Crippen LogP contribution in [0, 0.1) is 0 Å². The van der Waals surface area contributed by atoms with Crippen LogP contribution >= 0.6 is 0 Å². The van der Waals surface area contributed by atoms with Crippen molar-refractivity contribution in [3.05, 3.63) is 0 Å². The molecule has 0 aliphatic rings. The summed E-state index contributed by atoms with van der Waals surface area (Å²) in [5.74, 6) is 0. The number of rotatable bonds is 3. The van der Waals surface area contributed by atoms with Gasteiger partial charge in [0.1, 0.15) is 0 Å². The van der Waals surface area contributed by atoms with Crippen LogP contribution in [0.2, 0.25) is 27.3 Å². The minimum atomic E-state index is 0. The van der Waals surface area contributed by atoms with Gasteiger partial charge in [0.2, 0.25) is 0 Å². The zero-order chi connectivity index (χ0) is 10.2. The maximum atomic E-state index is 2.25. The van der Waals surface area contributed by atoms with Crippen molar-refractivity contribution in [1.82, 2.24) is 0 Å². The third-order valence-corrected chi connectivity index (χ3v) is 1.50. The van der Waals surface area contributed by atoms with E-state index in [2.05, 4.69) is 48.1 Å².